The molecule has 0 spiro atoms. The molecule has 0 amide bonds. The lowest BCUT2D eigenvalue weighted by atomic mass is 9.91. The third-order valence-corrected chi connectivity index (χ3v) is 3.94. The fraction of sp³-hybridized carbons (Fsp3) is 0.429. The summed E-state index contributed by atoms with van der Waals surface area (Å²) in [6.07, 6.45) is 2.47. The summed E-state index contributed by atoms with van der Waals surface area (Å²) >= 11 is 6.40. The third kappa shape index (κ3) is 2.07. The minimum atomic E-state index is 0.559. The van der Waals surface area contributed by atoms with E-state index in [1.807, 2.05) is 0 Å². The number of hydrogen-bond acceptors (Lipinski definition) is 1. The van der Waals surface area contributed by atoms with Crippen LogP contribution in [0.5, 0.6) is 0 Å². The van der Waals surface area contributed by atoms with Crippen molar-refractivity contribution < 1.29 is 0 Å². The summed E-state index contributed by atoms with van der Waals surface area (Å²) in [5.74, 6) is 0.559. The summed E-state index contributed by atoms with van der Waals surface area (Å²) in [5.41, 5.74) is 3.68. The normalized spacial score (nSPS) is 20.9. The molecule has 3 heteroatoms. The summed E-state index contributed by atoms with van der Waals surface area (Å²) in [5, 5.41) is 5.56. The fourth-order valence-electron chi connectivity index (χ4n) is 2.74. The van der Waals surface area contributed by atoms with Crippen molar-refractivity contribution in [3.63, 3.8) is 0 Å². The van der Waals surface area contributed by atoms with Gasteiger partial charge in [-0.3, -0.25) is 0 Å². The van der Waals surface area contributed by atoms with Crippen LogP contribution in [0.1, 0.15) is 30.0 Å². The number of fused-ring (bicyclic) bond motifs is 1. The Balaban J connectivity index is 2.05. The molecule has 2 N–H and O–H groups in total. The first-order valence-electron chi connectivity index (χ1n) is 6.23. The Hall–Kier alpha value is -0.990. The van der Waals surface area contributed by atoms with E-state index in [1.165, 1.54) is 35.0 Å². The van der Waals surface area contributed by atoms with Gasteiger partial charge in [-0.05, 0) is 56.0 Å². The van der Waals surface area contributed by atoms with Crippen LogP contribution in [0.25, 0.3) is 10.9 Å². The lowest BCUT2D eigenvalue weighted by Crippen LogP contribution is -2.28. The van der Waals surface area contributed by atoms with Crippen molar-refractivity contribution in [3.8, 4) is 0 Å². The van der Waals surface area contributed by atoms with Gasteiger partial charge in [0.2, 0.25) is 0 Å². The molecule has 2 heterocycles. The smallest absolute Gasteiger partial charge is 0.0459 e. The van der Waals surface area contributed by atoms with Crippen molar-refractivity contribution in [2.24, 2.45) is 0 Å². The minimum absolute atomic E-state index is 0.559. The van der Waals surface area contributed by atoms with E-state index in [0.717, 1.165) is 18.1 Å². The quantitative estimate of drug-likeness (QED) is 0.793. The molecule has 1 fully saturated rings. The van der Waals surface area contributed by atoms with Gasteiger partial charge in [-0.25, -0.2) is 0 Å². The van der Waals surface area contributed by atoms with Gasteiger partial charge in [0.05, 0.1) is 0 Å². The molecule has 0 radical (unpaired) electrons. The van der Waals surface area contributed by atoms with Crippen molar-refractivity contribution >= 4 is 22.5 Å². The van der Waals surface area contributed by atoms with E-state index in [9.17, 15) is 0 Å². The lowest BCUT2D eigenvalue weighted by Gasteiger charge is -2.24. The van der Waals surface area contributed by atoms with Gasteiger partial charge in [0.25, 0.3) is 0 Å². The maximum absolute atomic E-state index is 6.40. The summed E-state index contributed by atoms with van der Waals surface area (Å²) in [4.78, 5) is 3.39. The van der Waals surface area contributed by atoms with Crippen LogP contribution in [0.2, 0.25) is 5.02 Å². The maximum Gasteiger partial charge on any atom is 0.0459 e. The molecule has 0 saturated carbocycles. The summed E-state index contributed by atoms with van der Waals surface area (Å²) in [7, 11) is 0. The van der Waals surface area contributed by atoms with E-state index in [4.69, 9.17) is 11.6 Å². The zero-order valence-electron chi connectivity index (χ0n) is 10.0. The van der Waals surface area contributed by atoms with Gasteiger partial charge in [-0.2, -0.15) is 0 Å². The monoisotopic (exact) mass is 248 g/mol. The van der Waals surface area contributed by atoms with Gasteiger partial charge in [0.1, 0.15) is 0 Å². The van der Waals surface area contributed by atoms with Crippen molar-refractivity contribution in [2.45, 2.75) is 25.7 Å². The number of halogens is 1. The highest BCUT2D eigenvalue weighted by atomic mass is 35.5. The molecule has 2 aromatic rings. The Morgan fingerprint density at radius 3 is 2.94 bits per heavy atom. The lowest BCUT2D eigenvalue weighted by molar-refractivity contribution is 0.462. The van der Waals surface area contributed by atoms with Gasteiger partial charge in [-0.1, -0.05) is 11.6 Å². The minimum Gasteiger partial charge on any atom is -0.359 e. The highest BCUT2D eigenvalue weighted by molar-refractivity contribution is 6.32. The highest BCUT2D eigenvalue weighted by Gasteiger charge is 2.18. The molecule has 1 aromatic carbocycles. The highest BCUT2D eigenvalue weighted by Crippen LogP contribution is 2.32. The first-order chi connectivity index (χ1) is 8.24. The summed E-state index contributed by atoms with van der Waals surface area (Å²) in [6, 6.07) is 6.46. The molecule has 3 rings (SSSR count). The average Bonchev–Trinajstić information content (AvgIpc) is 2.68. The third-order valence-electron chi connectivity index (χ3n) is 3.61. The Bertz CT molecular complexity index is 538. The van der Waals surface area contributed by atoms with Gasteiger partial charge in [0.15, 0.2) is 0 Å². The van der Waals surface area contributed by atoms with Gasteiger partial charge >= 0.3 is 0 Å². The summed E-state index contributed by atoms with van der Waals surface area (Å²) in [6.45, 7) is 4.26. The molecule has 1 atom stereocenters. The predicted molar refractivity (Wildman–Crippen MR) is 72.9 cm³/mol. The number of aromatic nitrogens is 1. The molecule has 0 aliphatic carbocycles. The maximum atomic E-state index is 6.40. The molecule has 0 bridgehead atoms. The van der Waals surface area contributed by atoms with Crippen LogP contribution >= 0.6 is 11.6 Å². The molecular weight excluding hydrogens is 232 g/mol. The number of rotatable bonds is 1. The van der Waals surface area contributed by atoms with E-state index < -0.39 is 0 Å². The van der Waals surface area contributed by atoms with E-state index in [1.54, 1.807) is 0 Å². The van der Waals surface area contributed by atoms with E-state index in [2.05, 4.69) is 35.4 Å². The van der Waals surface area contributed by atoms with Crippen molar-refractivity contribution in [1.82, 2.24) is 10.3 Å². The Morgan fingerprint density at radius 1 is 1.29 bits per heavy atom. The molecule has 1 aliphatic heterocycles. The zero-order valence-corrected chi connectivity index (χ0v) is 10.8. The van der Waals surface area contributed by atoms with E-state index >= 15 is 0 Å². The predicted octanol–water partition coefficient (Wildman–Crippen LogP) is 3.60. The average molecular weight is 249 g/mol. The second-order valence-corrected chi connectivity index (χ2v) is 5.36. The van der Waals surface area contributed by atoms with Crippen LogP contribution in [0.4, 0.5) is 0 Å². The second-order valence-electron chi connectivity index (χ2n) is 4.96. The van der Waals surface area contributed by atoms with E-state index in [-0.39, 0.29) is 0 Å². The zero-order chi connectivity index (χ0) is 11.8. The largest absolute Gasteiger partial charge is 0.359 e. The van der Waals surface area contributed by atoms with Crippen LogP contribution in [0.3, 0.4) is 0 Å². The SMILES string of the molecule is Cc1cc2cc(Cl)c(C3CCCNC3)cc2[nH]1. The molecule has 1 aliphatic rings. The van der Waals surface area contributed by atoms with Crippen molar-refractivity contribution in [2.75, 3.05) is 13.1 Å². The number of nitrogens with one attached hydrogen (secondary N) is 2. The Morgan fingerprint density at radius 2 is 2.18 bits per heavy atom. The Labute approximate surface area is 106 Å². The van der Waals surface area contributed by atoms with Crippen LogP contribution < -0.4 is 5.32 Å². The molecule has 1 unspecified atom stereocenters. The van der Waals surface area contributed by atoms with Crippen LogP contribution in [-0.4, -0.2) is 18.1 Å². The van der Waals surface area contributed by atoms with Crippen LogP contribution in [0.15, 0.2) is 18.2 Å². The number of benzene rings is 1. The van der Waals surface area contributed by atoms with Gasteiger partial charge < -0.3 is 10.3 Å². The first-order valence-corrected chi connectivity index (χ1v) is 6.61. The van der Waals surface area contributed by atoms with Gasteiger partial charge in [-0.15, -0.1) is 0 Å². The number of aromatic amines is 1. The molecule has 1 aromatic heterocycles. The van der Waals surface area contributed by atoms with Crippen molar-refractivity contribution in [1.29, 1.82) is 0 Å². The van der Waals surface area contributed by atoms with Crippen LogP contribution in [0, 0.1) is 6.92 Å². The molecular formula is C14H17ClN2. The van der Waals surface area contributed by atoms with Crippen LogP contribution in [-0.2, 0) is 0 Å². The molecule has 17 heavy (non-hydrogen) atoms. The Kier molecular flexibility index (Phi) is 2.85. The summed E-state index contributed by atoms with van der Waals surface area (Å²) < 4.78 is 0. The standard InChI is InChI=1S/C14H17ClN2/c1-9-5-11-6-13(15)12(7-14(11)17-9)10-3-2-4-16-8-10/h5-7,10,16-17H,2-4,8H2,1H3. The first kappa shape index (κ1) is 11.1. The number of piperidine rings is 1. The number of H-pyrrole nitrogens is 1. The number of hydrogen-bond donors (Lipinski definition) is 2. The van der Waals surface area contributed by atoms with Crippen molar-refractivity contribution in [3.05, 3.63) is 34.5 Å². The molecule has 90 valence electrons. The fourth-order valence-corrected chi connectivity index (χ4v) is 3.07. The molecule has 2 nitrogen and oxygen atoms in total. The topological polar surface area (TPSA) is 27.8 Å². The van der Waals surface area contributed by atoms with E-state index in [0.29, 0.717) is 5.92 Å². The van der Waals surface area contributed by atoms with Gasteiger partial charge in [0, 0.05) is 28.2 Å². The number of aryl methyl sites for hydroxylation is 1. The molecule has 1 saturated heterocycles. The second kappa shape index (κ2) is 4.35.